The minimum atomic E-state index is -0.874. The van der Waals surface area contributed by atoms with Gasteiger partial charge in [0.25, 0.3) is 0 Å². The molecule has 23 heavy (non-hydrogen) atoms. The van der Waals surface area contributed by atoms with Crippen LogP contribution in [0.1, 0.15) is 26.3 Å². The summed E-state index contributed by atoms with van der Waals surface area (Å²) in [7, 11) is 0. The van der Waals surface area contributed by atoms with Crippen LogP contribution >= 0.6 is 0 Å². The van der Waals surface area contributed by atoms with E-state index in [4.69, 9.17) is 21.2 Å². The third kappa shape index (κ3) is 5.21. The molecule has 0 spiro atoms. The highest BCUT2D eigenvalue weighted by molar-refractivity contribution is 5.90. The van der Waals surface area contributed by atoms with Crippen molar-refractivity contribution in [3.05, 3.63) is 27.8 Å². The zero-order valence-electron chi connectivity index (χ0n) is 12.9. The van der Waals surface area contributed by atoms with Crippen LogP contribution in [0, 0.1) is 33.8 Å². The van der Waals surface area contributed by atoms with Crippen molar-refractivity contribution in [1.29, 1.82) is 5.26 Å². The second-order valence-corrected chi connectivity index (χ2v) is 5.34. The standard InChI is InChI=1S/C15H15N3O5/c1-5-10-8-11(22-7-6-16)9-12(13(10)18(20)21)17-14(19)23-15(2,3)4/h1,8-9H,7H2,2-4H3,(H,17,19). The number of nitrogens with one attached hydrogen (secondary N) is 1. The van der Waals surface area contributed by atoms with Gasteiger partial charge in [0.1, 0.15) is 28.7 Å². The van der Waals surface area contributed by atoms with Gasteiger partial charge in [0.05, 0.1) is 4.92 Å². The Balaban J connectivity index is 3.26. The first-order chi connectivity index (χ1) is 10.7. The lowest BCUT2D eigenvalue weighted by molar-refractivity contribution is -0.384. The number of ether oxygens (including phenoxy) is 2. The summed E-state index contributed by atoms with van der Waals surface area (Å²) >= 11 is 0. The molecule has 1 amide bonds. The van der Waals surface area contributed by atoms with E-state index in [-0.39, 0.29) is 23.6 Å². The van der Waals surface area contributed by atoms with Crippen molar-refractivity contribution in [2.45, 2.75) is 26.4 Å². The van der Waals surface area contributed by atoms with Crippen molar-refractivity contribution in [2.24, 2.45) is 0 Å². The Morgan fingerprint density at radius 2 is 2.13 bits per heavy atom. The number of rotatable bonds is 4. The van der Waals surface area contributed by atoms with E-state index in [2.05, 4.69) is 11.2 Å². The van der Waals surface area contributed by atoms with Gasteiger partial charge in [0, 0.05) is 12.1 Å². The van der Waals surface area contributed by atoms with Crippen LogP contribution in [0.25, 0.3) is 0 Å². The van der Waals surface area contributed by atoms with Gasteiger partial charge >= 0.3 is 11.8 Å². The fraction of sp³-hybridized carbons (Fsp3) is 0.333. The third-order valence-corrected chi connectivity index (χ3v) is 2.36. The maximum absolute atomic E-state index is 11.8. The van der Waals surface area contributed by atoms with Crippen LogP contribution in [0.5, 0.6) is 5.75 Å². The summed E-state index contributed by atoms with van der Waals surface area (Å²) in [6, 6.07) is 4.22. The Morgan fingerprint density at radius 1 is 1.48 bits per heavy atom. The molecule has 0 aliphatic rings. The van der Waals surface area contributed by atoms with E-state index < -0.39 is 22.3 Å². The number of benzene rings is 1. The Morgan fingerprint density at radius 3 is 2.61 bits per heavy atom. The number of carbonyl (C=O) groups excluding carboxylic acids is 1. The fourth-order valence-corrected chi connectivity index (χ4v) is 1.62. The van der Waals surface area contributed by atoms with Gasteiger partial charge in [-0.2, -0.15) is 5.26 Å². The van der Waals surface area contributed by atoms with Crippen molar-refractivity contribution in [3.63, 3.8) is 0 Å². The van der Waals surface area contributed by atoms with Crippen LogP contribution in [0.2, 0.25) is 0 Å². The number of hydrogen-bond acceptors (Lipinski definition) is 6. The van der Waals surface area contributed by atoms with E-state index >= 15 is 0 Å². The second-order valence-electron chi connectivity index (χ2n) is 5.34. The molecule has 0 saturated heterocycles. The molecule has 0 atom stereocenters. The van der Waals surface area contributed by atoms with Gasteiger partial charge in [0.2, 0.25) is 0 Å². The highest BCUT2D eigenvalue weighted by atomic mass is 16.6. The van der Waals surface area contributed by atoms with Gasteiger partial charge in [-0.05, 0) is 20.8 Å². The minimum absolute atomic E-state index is 0.0866. The van der Waals surface area contributed by atoms with Gasteiger partial charge in [-0.15, -0.1) is 6.42 Å². The predicted octanol–water partition coefficient (Wildman–Crippen LogP) is 2.83. The van der Waals surface area contributed by atoms with Crippen LogP contribution in [0.15, 0.2) is 12.1 Å². The molecule has 0 radical (unpaired) electrons. The lowest BCUT2D eigenvalue weighted by Crippen LogP contribution is -2.27. The fourth-order valence-electron chi connectivity index (χ4n) is 1.62. The van der Waals surface area contributed by atoms with Crippen LogP contribution in [0.3, 0.4) is 0 Å². The largest absolute Gasteiger partial charge is 0.479 e. The summed E-state index contributed by atoms with van der Waals surface area (Å²) in [6.45, 7) is 4.69. The monoisotopic (exact) mass is 317 g/mol. The molecule has 0 aliphatic heterocycles. The molecule has 1 aromatic carbocycles. The predicted molar refractivity (Wildman–Crippen MR) is 82.0 cm³/mol. The zero-order chi connectivity index (χ0) is 17.6. The summed E-state index contributed by atoms with van der Waals surface area (Å²) in [5.41, 5.74) is -1.49. The Hall–Kier alpha value is -3.26. The van der Waals surface area contributed by atoms with E-state index in [0.29, 0.717) is 0 Å². The van der Waals surface area contributed by atoms with E-state index in [1.54, 1.807) is 26.8 Å². The van der Waals surface area contributed by atoms with Crippen LogP contribution in [0.4, 0.5) is 16.2 Å². The number of nitrogens with zero attached hydrogens (tertiary/aromatic N) is 2. The summed E-state index contributed by atoms with van der Waals surface area (Å²) in [6.07, 6.45) is 4.39. The molecule has 8 heteroatoms. The van der Waals surface area contributed by atoms with Crippen molar-refractivity contribution < 1.29 is 19.2 Å². The SMILES string of the molecule is C#Cc1cc(OCC#N)cc(NC(=O)OC(C)(C)C)c1[N+](=O)[O-]. The van der Waals surface area contributed by atoms with Gasteiger partial charge < -0.3 is 9.47 Å². The maximum Gasteiger partial charge on any atom is 0.412 e. The molecule has 0 fully saturated rings. The number of nitriles is 1. The summed E-state index contributed by atoms with van der Waals surface area (Å²) in [5.74, 6) is 2.28. The number of carbonyl (C=O) groups is 1. The number of terminal acetylenes is 1. The first-order valence-electron chi connectivity index (χ1n) is 6.46. The van der Waals surface area contributed by atoms with Gasteiger partial charge in [0.15, 0.2) is 6.61 Å². The molecule has 120 valence electrons. The zero-order valence-corrected chi connectivity index (χ0v) is 12.9. The van der Waals surface area contributed by atoms with Gasteiger partial charge in [-0.3, -0.25) is 15.4 Å². The highest BCUT2D eigenvalue weighted by Crippen LogP contribution is 2.33. The van der Waals surface area contributed by atoms with Crippen molar-refractivity contribution in [1.82, 2.24) is 0 Å². The molecule has 1 N–H and O–H groups in total. The molecule has 0 aliphatic carbocycles. The Labute approximate surface area is 133 Å². The third-order valence-electron chi connectivity index (χ3n) is 2.36. The second kappa shape index (κ2) is 7.14. The van der Waals surface area contributed by atoms with Crippen LogP contribution < -0.4 is 10.1 Å². The number of nitro benzene ring substituents is 1. The van der Waals surface area contributed by atoms with Gasteiger partial charge in [-0.1, -0.05) is 5.92 Å². The van der Waals surface area contributed by atoms with Crippen LogP contribution in [-0.2, 0) is 4.74 Å². The minimum Gasteiger partial charge on any atom is -0.479 e. The van der Waals surface area contributed by atoms with E-state index in [9.17, 15) is 14.9 Å². The smallest absolute Gasteiger partial charge is 0.412 e. The molecule has 0 unspecified atom stereocenters. The Kier molecular flexibility index (Phi) is 5.52. The summed E-state index contributed by atoms with van der Waals surface area (Å²) in [5, 5.41) is 22.0. The molecule has 0 heterocycles. The molecule has 1 aromatic rings. The van der Waals surface area contributed by atoms with E-state index in [1.807, 2.05) is 0 Å². The molecular weight excluding hydrogens is 302 g/mol. The number of amides is 1. The van der Waals surface area contributed by atoms with Crippen molar-refractivity contribution >= 4 is 17.5 Å². The molecule has 1 rings (SSSR count). The first-order valence-corrected chi connectivity index (χ1v) is 6.46. The molecule has 0 aromatic heterocycles. The summed E-state index contributed by atoms with van der Waals surface area (Å²) < 4.78 is 10.1. The quantitative estimate of drug-likeness (QED) is 0.519. The lowest BCUT2D eigenvalue weighted by atomic mass is 10.1. The average molecular weight is 317 g/mol. The molecule has 0 saturated carbocycles. The van der Waals surface area contributed by atoms with Gasteiger partial charge in [-0.25, -0.2) is 4.79 Å². The Bertz CT molecular complexity index is 708. The topological polar surface area (TPSA) is 114 Å². The normalized spacial score (nSPS) is 10.1. The number of nitro groups is 1. The first kappa shape index (κ1) is 17.8. The van der Waals surface area contributed by atoms with Crippen LogP contribution in [-0.4, -0.2) is 23.2 Å². The summed E-state index contributed by atoms with van der Waals surface area (Å²) in [4.78, 5) is 22.3. The van der Waals surface area contributed by atoms with E-state index in [1.165, 1.54) is 12.1 Å². The number of anilines is 1. The molecule has 8 nitrogen and oxygen atoms in total. The molecular formula is C15H15N3O5. The average Bonchev–Trinajstić information content (AvgIpc) is 2.41. The lowest BCUT2D eigenvalue weighted by Gasteiger charge is -2.20. The van der Waals surface area contributed by atoms with Crippen molar-refractivity contribution in [3.8, 4) is 24.2 Å². The highest BCUT2D eigenvalue weighted by Gasteiger charge is 2.24. The van der Waals surface area contributed by atoms with Crippen molar-refractivity contribution in [2.75, 3.05) is 11.9 Å². The maximum atomic E-state index is 11.8. The van der Waals surface area contributed by atoms with E-state index in [0.717, 1.165) is 0 Å². The number of hydrogen-bond donors (Lipinski definition) is 1. The molecule has 0 bridgehead atoms.